The van der Waals surface area contributed by atoms with Crippen molar-refractivity contribution in [3.63, 3.8) is 0 Å². The van der Waals surface area contributed by atoms with Gasteiger partial charge in [0.1, 0.15) is 0 Å². The average Bonchev–Trinajstić information content (AvgIpc) is 2.29. The first-order valence-electron chi connectivity index (χ1n) is 4.38. The van der Waals surface area contributed by atoms with Crippen molar-refractivity contribution in [2.75, 3.05) is 0 Å². The van der Waals surface area contributed by atoms with Gasteiger partial charge in [0.25, 0.3) is 0 Å². The summed E-state index contributed by atoms with van der Waals surface area (Å²) in [5.41, 5.74) is 8.57. The minimum atomic E-state index is 0. The van der Waals surface area contributed by atoms with Crippen molar-refractivity contribution < 1.29 is 0 Å². The van der Waals surface area contributed by atoms with E-state index in [1.807, 2.05) is 0 Å². The van der Waals surface area contributed by atoms with Gasteiger partial charge in [0.15, 0.2) is 0 Å². The second kappa shape index (κ2) is 4.45. The van der Waals surface area contributed by atoms with Crippen LogP contribution in [0.3, 0.4) is 0 Å². The van der Waals surface area contributed by atoms with Crippen molar-refractivity contribution in [3.05, 3.63) is 41.5 Å². The van der Waals surface area contributed by atoms with E-state index in [0.29, 0.717) is 0 Å². The van der Waals surface area contributed by atoms with Crippen LogP contribution in [-0.4, -0.2) is 6.04 Å². The van der Waals surface area contributed by atoms with Crippen molar-refractivity contribution in [1.29, 1.82) is 0 Å². The fourth-order valence-electron chi connectivity index (χ4n) is 1.57. The molecule has 0 heterocycles. The summed E-state index contributed by atoms with van der Waals surface area (Å²) in [6.45, 7) is 0. The molecule has 0 saturated carbocycles. The maximum atomic E-state index is 5.83. The van der Waals surface area contributed by atoms with E-state index in [4.69, 9.17) is 5.73 Å². The number of hydrogen-bond donors (Lipinski definition) is 1. The lowest BCUT2D eigenvalue weighted by Crippen LogP contribution is -2.16. The Morgan fingerprint density at radius 3 is 2.85 bits per heavy atom. The molecule has 1 aromatic carbocycles. The Morgan fingerprint density at radius 1 is 1.23 bits per heavy atom. The molecule has 0 saturated heterocycles. The van der Waals surface area contributed by atoms with Crippen LogP contribution in [-0.2, 0) is 6.42 Å². The third-order valence-electron chi connectivity index (χ3n) is 2.33. The van der Waals surface area contributed by atoms with Crippen LogP contribution in [0.1, 0.15) is 17.5 Å². The predicted octanol–water partition coefficient (Wildman–Crippen LogP) is 2.40. The summed E-state index contributed by atoms with van der Waals surface area (Å²) >= 11 is 0. The van der Waals surface area contributed by atoms with Crippen LogP contribution in [0.5, 0.6) is 0 Å². The van der Waals surface area contributed by atoms with E-state index in [1.165, 1.54) is 11.1 Å². The molecule has 0 amide bonds. The Hall–Kier alpha value is -0.790. The minimum Gasteiger partial charge on any atom is -0.324 e. The first-order valence-corrected chi connectivity index (χ1v) is 4.38. The molecule has 13 heavy (non-hydrogen) atoms. The van der Waals surface area contributed by atoms with Gasteiger partial charge in [-0.25, -0.2) is 0 Å². The summed E-state index contributed by atoms with van der Waals surface area (Å²) in [5, 5.41) is 0. The van der Waals surface area contributed by atoms with E-state index >= 15 is 0 Å². The number of nitrogens with two attached hydrogens (primary N) is 1. The van der Waals surface area contributed by atoms with Crippen molar-refractivity contribution in [3.8, 4) is 0 Å². The summed E-state index contributed by atoms with van der Waals surface area (Å²) in [4.78, 5) is 0. The predicted molar refractivity (Wildman–Crippen MR) is 59.0 cm³/mol. The maximum Gasteiger partial charge on any atom is 0.0230 e. The van der Waals surface area contributed by atoms with Gasteiger partial charge in [-0.15, -0.1) is 12.4 Å². The fraction of sp³-hybridized carbons (Fsp3) is 0.273. The normalized spacial score (nSPS) is 19.9. The first kappa shape index (κ1) is 10.3. The van der Waals surface area contributed by atoms with Gasteiger partial charge in [-0.2, -0.15) is 0 Å². The van der Waals surface area contributed by atoms with E-state index in [9.17, 15) is 0 Å². The monoisotopic (exact) mass is 195 g/mol. The molecule has 0 spiro atoms. The Morgan fingerprint density at radius 2 is 2.00 bits per heavy atom. The molecule has 2 rings (SSSR count). The molecule has 1 aromatic rings. The molecule has 0 aromatic heterocycles. The SMILES string of the molecule is Cl.NC1C=Cc2ccccc2CC1. The standard InChI is InChI=1S/C11H13N.ClH/c12-11-7-5-9-3-1-2-4-10(9)6-8-11;/h1-5,7,11H,6,8,12H2;1H. The lowest BCUT2D eigenvalue weighted by atomic mass is 10.0. The third-order valence-corrected chi connectivity index (χ3v) is 2.33. The number of fused-ring (bicyclic) bond motifs is 1. The van der Waals surface area contributed by atoms with Crippen LogP contribution in [0, 0.1) is 0 Å². The molecule has 0 radical (unpaired) electrons. The molecule has 1 atom stereocenters. The molecule has 2 heteroatoms. The lowest BCUT2D eigenvalue weighted by Gasteiger charge is -2.03. The van der Waals surface area contributed by atoms with Gasteiger partial charge in [-0.05, 0) is 24.0 Å². The van der Waals surface area contributed by atoms with Crippen molar-refractivity contribution in [2.45, 2.75) is 18.9 Å². The smallest absolute Gasteiger partial charge is 0.0230 e. The molecule has 1 aliphatic carbocycles. The van der Waals surface area contributed by atoms with Crippen molar-refractivity contribution in [1.82, 2.24) is 0 Å². The van der Waals surface area contributed by atoms with Gasteiger partial charge in [-0.1, -0.05) is 36.4 Å². The topological polar surface area (TPSA) is 26.0 Å². The number of rotatable bonds is 0. The first-order chi connectivity index (χ1) is 5.86. The number of aryl methyl sites for hydroxylation is 1. The molecule has 0 fully saturated rings. The van der Waals surface area contributed by atoms with E-state index in [1.54, 1.807) is 0 Å². The highest BCUT2D eigenvalue weighted by atomic mass is 35.5. The lowest BCUT2D eigenvalue weighted by molar-refractivity contribution is 0.728. The zero-order valence-electron chi connectivity index (χ0n) is 7.44. The van der Waals surface area contributed by atoms with Crippen LogP contribution >= 0.6 is 12.4 Å². The highest BCUT2D eigenvalue weighted by Gasteiger charge is 2.06. The van der Waals surface area contributed by atoms with E-state index in [-0.39, 0.29) is 18.4 Å². The van der Waals surface area contributed by atoms with Gasteiger partial charge in [-0.3, -0.25) is 0 Å². The second-order valence-corrected chi connectivity index (χ2v) is 3.26. The Balaban J connectivity index is 0.000000845. The number of benzene rings is 1. The minimum absolute atomic E-state index is 0. The summed E-state index contributed by atoms with van der Waals surface area (Å²) in [5.74, 6) is 0. The maximum absolute atomic E-state index is 5.83. The second-order valence-electron chi connectivity index (χ2n) is 3.26. The van der Waals surface area contributed by atoms with Crippen molar-refractivity contribution >= 4 is 18.5 Å². The molecule has 0 aliphatic heterocycles. The zero-order chi connectivity index (χ0) is 8.39. The van der Waals surface area contributed by atoms with Crippen LogP contribution in [0.4, 0.5) is 0 Å². The van der Waals surface area contributed by atoms with E-state index in [0.717, 1.165) is 12.8 Å². The van der Waals surface area contributed by atoms with Crippen LogP contribution in [0.15, 0.2) is 30.3 Å². The quantitative estimate of drug-likeness (QED) is 0.676. The van der Waals surface area contributed by atoms with Crippen LogP contribution < -0.4 is 5.73 Å². The van der Waals surface area contributed by atoms with Gasteiger partial charge >= 0.3 is 0 Å². The molecule has 1 unspecified atom stereocenters. The van der Waals surface area contributed by atoms with Gasteiger partial charge < -0.3 is 5.73 Å². The fourth-order valence-corrected chi connectivity index (χ4v) is 1.57. The molecule has 1 nitrogen and oxygen atoms in total. The highest BCUT2D eigenvalue weighted by Crippen LogP contribution is 2.17. The summed E-state index contributed by atoms with van der Waals surface area (Å²) in [7, 11) is 0. The molecule has 1 aliphatic rings. The average molecular weight is 196 g/mol. The summed E-state index contributed by atoms with van der Waals surface area (Å²) < 4.78 is 0. The largest absolute Gasteiger partial charge is 0.324 e. The third kappa shape index (κ3) is 2.33. The molecule has 70 valence electrons. The molecular weight excluding hydrogens is 182 g/mol. The molecular formula is C11H14ClN. The van der Waals surface area contributed by atoms with Gasteiger partial charge in [0.05, 0.1) is 0 Å². The molecule has 2 N–H and O–H groups in total. The Kier molecular flexibility index (Phi) is 3.52. The summed E-state index contributed by atoms with van der Waals surface area (Å²) in [6.07, 6.45) is 6.39. The van der Waals surface area contributed by atoms with Crippen molar-refractivity contribution in [2.24, 2.45) is 5.73 Å². The Bertz CT molecular complexity index is 307. The van der Waals surface area contributed by atoms with E-state index in [2.05, 4.69) is 36.4 Å². The number of hydrogen-bond acceptors (Lipinski definition) is 1. The van der Waals surface area contributed by atoms with E-state index < -0.39 is 0 Å². The highest BCUT2D eigenvalue weighted by molar-refractivity contribution is 5.85. The summed E-state index contributed by atoms with van der Waals surface area (Å²) in [6, 6.07) is 8.71. The van der Waals surface area contributed by atoms with Crippen LogP contribution in [0.25, 0.3) is 6.08 Å². The van der Waals surface area contributed by atoms with Gasteiger partial charge in [0.2, 0.25) is 0 Å². The van der Waals surface area contributed by atoms with Gasteiger partial charge in [0, 0.05) is 6.04 Å². The molecule has 0 bridgehead atoms. The van der Waals surface area contributed by atoms with Crippen LogP contribution in [0.2, 0.25) is 0 Å². The Labute approximate surface area is 85.1 Å². The zero-order valence-corrected chi connectivity index (χ0v) is 8.26. The number of halogens is 1.